The van der Waals surface area contributed by atoms with Crippen molar-refractivity contribution in [1.29, 1.82) is 0 Å². The minimum atomic E-state index is 0.672. The van der Waals surface area contributed by atoms with Gasteiger partial charge in [-0.3, -0.25) is 0 Å². The van der Waals surface area contributed by atoms with Crippen LogP contribution >= 0.6 is 0 Å². The summed E-state index contributed by atoms with van der Waals surface area (Å²) in [6.45, 7) is 3.96. The predicted molar refractivity (Wildman–Crippen MR) is 215 cm³/mol. The molecule has 0 saturated carbocycles. The van der Waals surface area contributed by atoms with E-state index in [0.29, 0.717) is 5.82 Å². The molecule has 0 atom stereocenters. The van der Waals surface area contributed by atoms with Gasteiger partial charge in [0, 0.05) is 27.9 Å². The van der Waals surface area contributed by atoms with Crippen LogP contribution in [-0.4, -0.2) is 19.9 Å². The molecule has 9 rings (SSSR count). The summed E-state index contributed by atoms with van der Waals surface area (Å²) in [5.74, 6) is 1.43. The maximum atomic E-state index is 5.25. The number of aromatic nitrogens is 4. The minimum absolute atomic E-state index is 0.672. The molecule has 0 spiro atoms. The molecule has 0 fully saturated rings. The zero-order chi connectivity index (χ0) is 35.0. The van der Waals surface area contributed by atoms with Gasteiger partial charge in [-0.1, -0.05) is 127 Å². The molecule has 0 saturated heterocycles. The average molecular weight is 667 g/mol. The number of aryl methyl sites for hydroxylation is 2. The molecule has 0 amide bonds. The summed E-state index contributed by atoms with van der Waals surface area (Å²) in [5.41, 5.74) is 12.1. The largest absolute Gasteiger partial charge is 0.239 e. The second-order valence-electron chi connectivity index (χ2n) is 13.2. The van der Waals surface area contributed by atoms with E-state index in [-0.39, 0.29) is 0 Å². The highest BCUT2D eigenvalue weighted by Gasteiger charge is 2.17. The molecule has 9 aromatic rings. The summed E-state index contributed by atoms with van der Waals surface area (Å²) in [6, 6.07) is 59.9. The van der Waals surface area contributed by atoms with E-state index < -0.39 is 0 Å². The van der Waals surface area contributed by atoms with Crippen LogP contribution in [0, 0.1) is 13.8 Å². The Bertz CT molecular complexity index is 2620. The maximum absolute atomic E-state index is 5.25. The topological polar surface area (TPSA) is 51.6 Å². The van der Waals surface area contributed by atoms with Crippen molar-refractivity contribution in [2.24, 2.45) is 0 Å². The normalized spacial score (nSPS) is 11.3. The lowest BCUT2D eigenvalue weighted by Crippen LogP contribution is -1.97. The monoisotopic (exact) mass is 666 g/mol. The number of nitrogens with zero attached hydrogens (tertiary/aromatic N) is 4. The summed E-state index contributed by atoms with van der Waals surface area (Å²) in [7, 11) is 0. The number of hydrogen-bond acceptors (Lipinski definition) is 4. The Balaban J connectivity index is 1.32. The van der Waals surface area contributed by atoms with Gasteiger partial charge in [0.1, 0.15) is 5.82 Å². The van der Waals surface area contributed by atoms with Crippen LogP contribution in [0.1, 0.15) is 11.5 Å². The maximum Gasteiger partial charge on any atom is 0.160 e. The lowest BCUT2D eigenvalue weighted by atomic mass is 9.89. The van der Waals surface area contributed by atoms with E-state index in [1.54, 1.807) is 0 Å². The summed E-state index contributed by atoms with van der Waals surface area (Å²) in [6.07, 6.45) is 0. The van der Waals surface area contributed by atoms with Gasteiger partial charge in [-0.25, -0.2) is 19.9 Å². The molecule has 7 aromatic carbocycles. The fourth-order valence-corrected chi connectivity index (χ4v) is 7.21. The summed E-state index contributed by atoms with van der Waals surface area (Å²) in [5, 5.41) is 4.81. The summed E-state index contributed by atoms with van der Waals surface area (Å²) < 4.78 is 0. The van der Waals surface area contributed by atoms with Crippen molar-refractivity contribution in [2.45, 2.75) is 13.8 Å². The Morgan fingerprint density at radius 3 is 1.46 bits per heavy atom. The quantitative estimate of drug-likeness (QED) is 0.166. The zero-order valence-electron chi connectivity index (χ0n) is 29.0. The summed E-state index contributed by atoms with van der Waals surface area (Å²) >= 11 is 0. The molecular formula is C48H34N4. The Hall–Kier alpha value is -6.78. The van der Waals surface area contributed by atoms with E-state index in [1.165, 1.54) is 27.1 Å². The molecule has 4 nitrogen and oxygen atoms in total. The van der Waals surface area contributed by atoms with Crippen LogP contribution in [0.5, 0.6) is 0 Å². The van der Waals surface area contributed by atoms with Crippen molar-refractivity contribution >= 4 is 21.5 Å². The molecule has 52 heavy (non-hydrogen) atoms. The van der Waals surface area contributed by atoms with E-state index in [0.717, 1.165) is 67.5 Å². The van der Waals surface area contributed by atoms with Crippen LogP contribution in [0.3, 0.4) is 0 Å². The van der Waals surface area contributed by atoms with Crippen LogP contribution < -0.4 is 0 Å². The van der Waals surface area contributed by atoms with Gasteiger partial charge >= 0.3 is 0 Å². The van der Waals surface area contributed by atoms with Crippen LogP contribution in [0.15, 0.2) is 170 Å². The lowest BCUT2D eigenvalue weighted by molar-refractivity contribution is 1.02. The Morgan fingerprint density at radius 1 is 0.327 bits per heavy atom. The van der Waals surface area contributed by atoms with Crippen LogP contribution in [-0.2, 0) is 0 Å². The fraction of sp³-hybridized carbons (Fsp3) is 0.0417. The third-order valence-corrected chi connectivity index (χ3v) is 9.57. The molecule has 0 aliphatic heterocycles. The van der Waals surface area contributed by atoms with Crippen LogP contribution in [0.4, 0.5) is 0 Å². The number of fused-ring (bicyclic) bond motifs is 2. The average Bonchev–Trinajstić information content (AvgIpc) is 3.20. The van der Waals surface area contributed by atoms with Crippen molar-refractivity contribution in [3.05, 3.63) is 181 Å². The first kappa shape index (κ1) is 31.2. The van der Waals surface area contributed by atoms with Gasteiger partial charge < -0.3 is 0 Å². The molecular weight excluding hydrogens is 633 g/mol. The first-order valence-corrected chi connectivity index (χ1v) is 17.6. The smallest absolute Gasteiger partial charge is 0.160 e. The van der Waals surface area contributed by atoms with Crippen molar-refractivity contribution in [3.63, 3.8) is 0 Å². The second kappa shape index (κ2) is 13.2. The third-order valence-electron chi connectivity index (χ3n) is 9.57. The van der Waals surface area contributed by atoms with E-state index in [1.807, 2.05) is 32.0 Å². The fourth-order valence-electron chi connectivity index (χ4n) is 7.21. The van der Waals surface area contributed by atoms with Gasteiger partial charge in [0.25, 0.3) is 0 Å². The highest BCUT2D eigenvalue weighted by molar-refractivity contribution is 6.13. The Labute approximate surface area is 303 Å². The van der Waals surface area contributed by atoms with Gasteiger partial charge in [0.2, 0.25) is 0 Å². The molecule has 0 N–H and O–H groups in total. The van der Waals surface area contributed by atoms with Crippen LogP contribution in [0.2, 0.25) is 0 Å². The second-order valence-corrected chi connectivity index (χ2v) is 13.2. The van der Waals surface area contributed by atoms with Gasteiger partial charge in [0.15, 0.2) is 5.82 Å². The van der Waals surface area contributed by atoms with Crippen molar-refractivity contribution in [1.82, 2.24) is 19.9 Å². The molecule has 0 aliphatic carbocycles. The van der Waals surface area contributed by atoms with Gasteiger partial charge in [-0.05, 0) is 100 Å². The van der Waals surface area contributed by atoms with Gasteiger partial charge in [-0.15, -0.1) is 0 Å². The predicted octanol–water partition coefficient (Wildman–Crippen LogP) is 12.2. The summed E-state index contributed by atoms with van der Waals surface area (Å²) in [4.78, 5) is 19.8. The van der Waals surface area contributed by atoms with Crippen molar-refractivity contribution in [3.8, 4) is 67.4 Å². The molecule has 2 aromatic heterocycles. The standard InChI is InChI=1S/C48H34N4/c1-31-24-44(50-32(2)49-31)38-21-13-20-35(25-38)39-27-40(47-42-22-11-9-18-36(42)26-37-19-10-12-23-43(37)47)29-41(28-39)48-51-45(33-14-5-3-6-15-33)30-46(52-48)34-16-7-4-8-17-34/h3-30H,1-2H3. The van der Waals surface area contributed by atoms with E-state index in [9.17, 15) is 0 Å². The molecule has 0 bridgehead atoms. The van der Waals surface area contributed by atoms with E-state index in [2.05, 4.69) is 157 Å². The highest BCUT2D eigenvalue weighted by Crippen LogP contribution is 2.41. The first-order chi connectivity index (χ1) is 25.6. The van der Waals surface area contributed by atoms with Crippen molar-refractivity contribution in [2.75, 3.05) is 0 Å². The first-order valence-electron chi connectivity index (χ1n) is 17.6. The SMILES string of the molecule is Cc1cc(-c2cccc(-c3cc(-c4nc(-c5ccccc5)cc(-c5ccccc5)n4)cc(-c4c5ccccc5cc5ccccc45)c3)c2)nc(C)n1. The van der Waals surface area contributed by atoms with Crippen molar-refractivity contribution < 1.29 is 0 Å². The molecule has 246 valence electrons. The minimum Gasteiger partial charge on any atom is -0.239 e. The van der Waals surface area contributed by atoms with E-state index in [4.69, 9.17) is 15.0 Å². The molecule has 4 heteroatoms. The highest BCUT2D eigenvalue weighted by atomic mass is 14.9. The number of hydrogen-bond donors (Lipinski definition) is 0. The molecule has 0 unspecified atom stereocenters. The Morgan fingerprint density at radius 2 is 0.827 bits per heavy atom. The van der Waals surface area contributed by atoms with E-state index >= 15 is 0 Å². The van der Waals surface area contributed by atoms with Gasteiger partial charge in [-0.2, -0.15) is 0 Å². The molecule has 0 aliphatic rings. The Kier molecular flexibility index (Phi) is 7.90. The molecule has 2 heterocycles. The number of benzene rings is 7. The molecule has 0 radical (unpaired) electrons. The third kappa shape index (κ3) is 6.01. The van der Waals surface area contributed by atoms with Crippen LogP contribution in [0.25, 0.3) is 89.0 Å². The number of rotatable bonds is 6. The van der Waals surface area contributed by atoms with Gasteiger partial charge in [0.05, 0.1) is 17.1 Å². The lowest BCUT2D eigenvalue weighted by Gasteiger charge is -2.16. The zero-order valence-corrected chi connectivity index (χ0v) is 29.0.